The van der Waals surface area contributed by atoms with E-state index in [0.29, 0.717) is 5.69 Å². The van der Waals surface area contributed by atoms with E-state index in [4.69, 9.17) is 12.2 Å². The predicted molar refractivity (Wildman–Crippen MR) is 91.8 cm³/mol. The Kier molecular flexibility index (Phi) is 4.85. The van der Waals surface area contributed by atoms with Crippen LogP contribution in [0.3, 0.4) is 0 Å². The fraction of sp³-hybridized carbons (Fsp3) is 0.333. The summed E-state index contributed by atoms with van der Waals surface area (Å²) in [5.41, 5.74) is 1.50. The first-order valence-corrected chi connectivity index (χ1v) is 8.29. The Morgan fingerprint density at radius 3 is 2.17 bits per heavy atom. The summed E-state index contributed by atoms with van der Waals surface area (Å²) < 4.78 is 37.7. The van der Waals surface area contributed by atoms with Gasteiger partial charge in [0.15, 0.2) is 0 Å². The van der Waals surface area contributed by atoms with Crippen LogP contribution in [-0.2, 0) is 6.18 Å². The van der Waals surface area contributed by atoms with Crippen molar-refractivity contribution in [1.82, 2.24) is 9.88 Å². The van der Waals surface area contributed by atoms with Gasteiger partial charge in [-0.3, -0.25) is 4.98 Å². The number of hydrogen-bond acceptors (Lipinski definition) is 2. The topological polar surface area (TPSA) is 16.1 Å². The molecule has 0 radical (unpaired) electrons. The number of pyridine rings is 1. The van der Waals surface area contributed by atoms with E-state index in [1.54, 1.807) is 0 Å². The minimum Gasteiger partial charge on any atom is -0.362 e. The molecule has 0 saturated carbocycles. The smallest absolute Gasteiger partial charge is 0.362 e. The van der Waals surface area contributed by atoms with Gasteiger partial charge in [-0.05, 0) is 31.4 Å². The third-order valence-electron chi connectivity index (χ3n) is 4.16. The van der Waals surface area contributed by atoms with Crippen LogP contribution in [0.4, 0.5) is 13.2 Å². The molecule has 1 aliphatic rings. The third kappa shape index (κ3) is 3.75. The van der Waals surface area contributed by atoms with E-state index in [-0.39, 0.29) is 0 Å². The highest BCUT2D eigenvalue weighted by Gasteiger charge is 2.30. The van der Waals surface area contributed by atoms with E-state index >= 15 is 0 Å². The second kappa shape index (κ2) is 6.89. The summed E-state index contributed by atoms with van der Waals surface area (Å²) in [6.07, 6.45) is 0.0661. The third-order valence-corrected chi connectivity index (χ3v) is 4.66. The summed E-state index contributed by atoms with van der Waals surface area (Å²) in [7, 11) is 0. The lowest BCUT2D eigenvalue weighted by Gasteiger charge is -2.29. The Labute approximate surface area is 144 Å². The fourth-order valence-electron chi connectivity index (χ4n) is 2.80. The van der Waals surface area contributed by atoms with Crippen molar-refractivity contribution in [2.75, 3.05) is 13.1 Å². The number of nitrogens with zero attached hydrogens (tertiary/aromatic N) is 2. The highest BCUT2D eigenvalue weighted by atomic mass is 32.1. The molecule has 0 N–H and O–H groups in total. The summed E-state index contributed by atoms with van der Waals surface area (Å²) in [5.74, 6) is 0. The minimum atomic E-state index is -4.37. The first-order valence-electron chi connectivity index (χ1n) is 7.88. The van der Waals surface area contributed by atoms with Gasteiger partial charge in [0.1, 0.15) is 4.99 Å². The monoisotopic (exact) mass is 350 g/mol. The number of rotatable bonds is 2. The SMILES string of the molecule is FC(F)(F)c1ccc(-c2ccc(C(=S)N3CCCCC3)cc2)nc1. The lowest BCUT2D eigenvalue weighted by atomic mass is 10.1. The van der Waals surface area contributed by atoms with E-state index in [0.717, 1.165) is 54.3 Å². The number of halogens is 3. The van der Waals surface area contributed by atoms with Crippen LogP contribution in [0.2, 0.25) is 0 Å². The molecule has 1 saturated heterocycles. The molecule has 0 spiro atoms. The van der Waals surface area contributed by atoms with Gasteiger partial charge in [-0.15, -0.1) is 0 Å². The quantitative estimate of drug-likeness (QED) is 0.715. The van der Waals surface area contributed by atoms with E-state index in [2.05, 4.69) is 9.88 Å². The number of aromatic nitrogens is 1. The van der Waals surface area contributed by atoms with Gasteiger partial charge in [0.2, 0.25) is 0 Å². The average Bonchev–Trinajstić information content (AvgIpc) is 2.61. The molecule has 24 heavy (non-hydrogen) atoms. The van der Waals surface area contributed by atoms with E-state index in [1.807, 2.05) is 24.3 Å². The maximum Gasteiger partial charge on any atom is 0.417 e. The molecule has 1 fully saturated rings. The second-order valence-corrected chi connectivity index (χ2v) is 6.25. The molecule has 0 unspecified atom stereocenters. The molecule has 0 atom stereocenters. The van der Waals surface area contributed by atoms with Crippen LogP contribution in [0.15, 0.2) is 42.6 Å². The van der Waals surface area contributed by atoms with E-state index in [9.17, 15) is 13.2 Å². The molecule has 1 aromatic carbocycles. The van der Waals surface area contributed by atoms with Crippen molar-refractivity contribution in [3.05, 3.63) is 53.7 Å². The lowest BCUT2D eigenvalue weighted by Crippen LogP contribution is -2.34. The van der Waals surface area contributed by atoms with Crippen LogP contribution in [0, 0.1) is 0 Å². The summed E-state index contributed by atoms with van der Waals surface area (Å²) >= 11 is 5.54. The van der Waals surface area contributed by atoms with Crippen LogP contribution >= 0.6 is 12.2 Å². The van der Waals surface area contributed by atoms with Crippen LogP contribution in [0.25, 0.3) is 11.3 Å². The Morgan fingerprint density at radius 1 is 0.958 bits per heavy atom. The second-order valence-electron chi connectivity index (χ2n) is 5.86. The van der Waals surface area contributed by atoms with Crippen LogP contribution in [0.1, 0.15) is 30.4 Å². The molecule has 126 valence electrons. The van der Waals surface area contributed by atoms with Crippen molar-refractivity contribution in [2.45, 2.75) is 25.4 Å². The van der Waals surface area contributed by atoms with Crippen molar-refractivity contribution in [3.63, 3.8) is 0 Å². The van der Waals surface area contributed by atoms with Crippen LogP contribution in [0.5, 0.6) is 0 Å². The molecular formula is C18H17F3N2S. The highest BCUT2D eigenvalue weighted by Crippen LogP contribution is 2.29. The Balaban J connectivity index is 1.75. The van der Waals surface area contributed by atoms with E-state index < -0.39 is 11.7 Å². The highest BCUT2D eigenvalue weighted by molar-refractivity contribution is 7.80. The molecule has 0 amide bonds. The zero-order chi connectivity index (χ0) is 17.2. The van der Waals surface area contributed by atoms with Crippen LogP contribution < -0.4 is 0 Å². The van der Waals surface area contributed by atoms with Gasteiger partial charge in [0, 0.05) is 30.4 Å². The maximum absolute atomic E-state index is 12.6. The first kappa shape index (κ1) is 16.9. The van der Waals surface area contributed by atoms with Crippen molar-refractivity contribution < 1.29 is 13.2 Å². The number of benzene rings is 1. The maximum atomic E-state index is 12.6. The molecule has 0 aliphatic carbocycles. The molecule has 3 rings (SSSR count). The molecule has 1 aromatic heterocycles. The molecular weight excluding hydrogens is 333 g/mol. The van der Waals surface area contributed by atoms with Gasteiger partial charge in [0.05, 0.1) is 11.3 Å². The molecule has 6 heteroatoms. The Bertz CT molecular complexity index is 703. The summed E-state index contributed by atoms with van der Waals surface area (Å²) in [6, 6.07) is 9.95. The number of thiocarbonyl (C=S) groups is 1. The first-order chi connectivity index (χ1) is 11.4. The standard InChI is InChI=1S/C18H17F3N2S/c19-18(20,21)15-8-9-16(22-12-15)13-4-6-14(7-5-13)17(24)23-10-2-1-3-11-23/h4-9,12H,1-3,10-11H2. The normalized spacial score (nSPS) is 15.4. The largest absolute Gasteiger partial charge is 0.417 e. The zero-order valence-electron chi connectivity index (χ0n) is 13.0. The van der Waals surface area contributed by atoms with Crippen LogP contribution in [-0.4, -0.2) is 28.0 Å². The molecule has 2 aromatic rings. The summed E-state index contributed by atoms with van der Waals surface area (Å²) in [5, 5.41) is 0. The van der Waals surface area contributed by atoms with Crippen molar-refractivity contribution in [3.8, 4) is 11.3 Å². The predicted octanol–water partition coefficient (Wildman–Crippen LogP) is 4.93. The number of alkyl halides is 3. The van der Waals surface area contributed by atoms with Gasteiger partial charge < -0.3 is 4.90 Å². The summed E-state index contributed by atoms with van der Waals surface area (Å²) in [6.45, 7) is 1.97. The number of piperidine rings is 1. The van der Waals surface area contributed by atoms with Crippen molar-refractivity contribution in [1.29, 1.82) is 0 Å². The van der Waals surface area contributed by atoms with Crippen molar-refractivity contribution in [2.24, 2.45) is 0 Å². The fourth-order valence-corrected chi connectivity index (χ4v) is 3.11. The van der Waals surface area contributed by atoms with Gasteiger partial charge in [-0.1, -0.05) is 36.5 Å². The Morgan fingerprint density at radius 2 is 1.62 bits per heavy atom. The Hall–Kier alpha value is -1.95. The van der Waals surface area contributed by atoms with E-state index in [1.165, 1.54) is 12.5 Å². The number of hydrogen-bond donors (Lipinski definition) is 0. The average molecular weight is 350 g/mol. The lowest BCUT2D eigenvalue weighted by molar-refractivity contribution is -0.137. The minimum absolute atomic E-state index is 0.512. The van der Waals surface area contributed by atoms with Gasteiger partial charge >= 0.3 is 6.18 Å². The number of likely N-dealkylation sites (tertiary alicyclic amines) is 1. The summed E-state index contributed by atoms with van der Waals surface area (Å²) in [4.78, 5) is 6.96. The van der Waals surface area contributed by atoms with Gasteiger partial charge in [-0.2, -0.15) is 13.2 Å². The molecule has 1 aliphatic heterocycles. The van der Waals surface area contributed by atoms with Gasteiger partial charge in [0.25, 0.3) is 0 Å². The zero-order valence-corrected chi connectivity index (χ0v) is 13.8. The molecule has 2 heterocycles. The molecule has 2 nitrogen and oxygen atoms in total. The molecule has 0 bridgehead atoms. The van der Waals surface area contributed by atoms with Gasteiger partial charge in [-0.25, -0.2) is 0 Å². The van der Waals surface area contributed by atoms with Crippen molar-refractivity contribution >= 4 is 17.2 Å².